The number of phenols is 1. The Balaban J connectivity index is 1.52. The maximum Gasteiger partial charge on any atom is 0.238 e. The maximum atomic E-state index is 14.4. The van der Waals surface area contributed by atoms with E-state index in [4.69, 9.17) is 0 Å². The standard InChI is InChI=1S/C29H22FNO5/c1-14-12-22(32)25-20(26(14)33)13-19-16(23(25)17-8-5-9-21(30)27(17)34)10-11-18-24(19)29(36)31(28(18)35)15-6-3-2-4-7-15/h2-10,12,18-19,23-24,34H,11,13H2,1H3/t18-,19+,23+,24-/m0/s1. The molecule has 0 aromatic heterocycles. The quantitative estimate of drug-likeness (QED) is 0.393. The molecule has 2 aromatic rings. The first-order valence-electron chi connectivity index (χ1n) is 11.9. The fourth-order valence-corrected chi connectivity index (χ4v) is 6.33. The van der Waals surface area contributed by atoms with Gasteiger partial charge in [-0.25, -0.2) is 4.39 Å². The van der Waals surface area contributed by atoms with Gasteiger partial charge in [-0.05, 0) is 50.0 Å². The lowest BCUT2D eigenvalue weighted by Crippen LogP contribution is -2.39. The summed E-state index contributed by atoms with van der Waals surface area (Å²) in [6.45, 7) is 1.56. The van der Waals surface area contributed by atoms with Crippen LogP contribution < -0.4 is 4.90 Å². The average molecular weight is 483 g/mol. The van der Waals surface area contributed by atoms with Gasteiger partial charge in [-0.2, -0.15) is 0 Å². The van der Waals surface area contributed by atoms with E-state index in [-0.39, 0.29) is 52.9 Å². The van der Waals surface area contributed by atoms with Gasteiger partial charge in [0.2, 0.25) is 11.8 Å². The number of imide groups is 1. The van der Waals surface area contributed by atoms with E-state index in [1.54, 1.807) is 37.3 Å². The zero-order chi connectivity index (χ0) is 25.3. The highest BCUT2D eigenvalue weighted by Gasteiger charge is 2.56. The molecule has 4 aliphatic rings. The summed E-state index contributed by atoms with van der Waals surface area (Å²) in [5.74, 6) is -5.48. The fourth-order valence-electron chi connectivity index (χ4n) is 6.33. The molecular weight excluding hydrogens is 461 g/mol. The van der Waals surface area contributed by atoms with E-state index in [0.717, 1.165) is 6.07 Å². The third kappa shape index (κ3) is 3.02. The summed E-state index contributed by atoms with van der Waals surface area (Å²) in [4.78, 5) is 54.7. The van der Waals surface area contributed by atoms with Crippen LogP contribution in [-0.2, 0) is 19.2 Å². The van der Waals surface area contributed by atoms with Crippen molar-refractivity contribution in [2.75, 3.05) is 4.90 Å². The minimum atomic E-state index is -0.884. The van der Waals surface area contributed by atoms with Crippen LogP contribution >= 0.6 is 0 Å². The Labute approximate surface area is 206 Å². The van der Waals surface area contributed by atoms with Gasteiger partial charge in [0, 0.05) is 28.2 Å². The topological polar surface area (TPSA) is 91.8 Å². The van der Waals surface area contributed by atoms with E-state index in [1.807, 2.05) is 6.08 Å². The molecule has 6 nitrogen and oxygen atoms in total. The molecule has 4 atom stereocenters. The van der Waals surface area contributed by atoms with E-state index in [9.17, 15) is 28.7 Å². The number of carbonyl (C=O) groups excluding carboxylic acids is 4. The largest absolute Gasteiger partial charge is 0.505 e. The second-order valence-electron chi connectivity index (χ2n) is 9.75. The van der Waals surface area contributed by atoms with E-state index in [2.05, 4.69) is 0 Å². The number of anilines is 1. The van der Waals surface area contributed by atoms with Gasteiger partial charge < -0.3 is 5.11 Å². The highest BCUT2D eigenvalue weighted by molar-refractivity contribution is 6.25. The van der Waals surface area contributed by atoms with Gasteiger partial charge in [0.05, 0.1) is 17.5 Å². The summed E-state index contributed by atoms with van der Waals surface area (Å²) < 4.78 is 14.4. The van der Waals surface area contributed by atoms with Crippen LogP contribution in [0.25, 0.3) is 0 Å². The Bertz CT molecular complexity index is 1470. The van der Waals surface area contributed by atoms with Crippen molar-refractivity contribution in [3.05, 3.63) is 94.4 Å². The molecule has 1 saturated heterocycles. The molecule has 0 bridgehead atoms. The van der Waals surface area contributed by atoms with Crippen molar-refractivity contribution >= 4 is 29.1 Å². The summed E-state index contributed by atoms with van der Waals surface area (Å²) >= 11 is 0. The number of allylic oxidation sites excluding steroid dienone is 6. The molecule has 0 radical (unpaired) electrons. The van der Waals surface area contributed by atoms with Gasteiger partial charge in [-0.15, -0.1) is 0 Å². The van der Waals surface area contributed by atoms with Crippen molar-refractivity contribution in [3.63, 3.8) is 0 Å². The molecule has 1 heterocycles. The SMILES string of the molecule is CC1=CC(=O)C2=C(C[C@@H]3C(=CC[C@@H]4C(=O)N(c5ccccc5)C(=O)[C@@H]43)[C@@H]2c2cccc(F)c2O)C1=O. The first kappa shape index (κ1) is 22.3. The van der Waals surface area contributed by atoms with Crippen molar-refractivity contribution in [1.82, 2.24) is 0 Å². The molecule has 0 spiro atoms. The van der Waals surface area contributed by atoms with Crippen LogP contribution in [0.2, 0.25) is 0 Å². The Hall–Kier alpha value is -4.13. The smallest absolute Gasteiger partial charge is 0.238 e. The summed E-state index contributed by atoms with van der Waals surface area (Å²) in [5.41, 5.74) is 2.10. The minimum Gasteiger partial charge on any atom is -0.505 e. The van der Waals surface area contributed by atoms with Crippen molar-refractivity contribution in [3.8, 4) is 5.75 Å². The van der Waals surface area contributed by atoms with Crippen LogP contribution in [0.15, 0.2) is 83.0 Å². The van der Waals surface area contributed by atoms with Crippen LogP contribution in [0.1, 0.15) is 31.2 Å². The summed E-state index contributed by atoms with van der Waals surface area (Å²) in [5, 5.41) is 10.6. The molecule has 1 aliphatic heterocycles. The lowest BCUT2D eigenvalue weighted by molar-refractivity contribution is -0.123. The maximum absolute atomic E-state index is 14.4. The molecule has 0 saturated carbocycles. The Kier molecular flexibility index (Phi) is 4.93. The highest BCUT2D eigenvalue weighted by atomic mass is 19.1. The molecule has 180 valence electrons. The van der Waals surface area contributed by atoms with Crippen LogP contribution in [0.5, 0.6) is 5.75 Å². The molecule has 1 N–H and O–H groups in total. The summed E-state index contributed by atoms with van der Waals surface area (Å²) in [7, 11) is 0. The molecule has 6 rings (SSSR count). The van der Waals surface area contributed by atoms with E-state index >= 15 is 0 Å². The number of rotatable bonds is 2. The van der Waals surface area contributed by atoms with Gasteiger partial charge in [0.25, 0.3) is 0 Å². The number of Topliss-reactive ketones (excluding diaryl/α,β-unsaturated/α-hetero) is 1. The van der Waals surface area contributed by atoms with Crippen molar-refractivity contribution in [2.45, 2.75) is 25.7 Å². The number of carbonyl (C=O) groups is 4. The number of phenolic OH excluding ortho intramolecular Hbond substituents is 1. The zero-order valence-corrected chi connectivity index (χ0v) is 19.4. The van der Waals surface area contributed by atoms with Gasteiger partial charge in [0.15, 0.2) is 23.1 Å². The van der Waals surface area contributed by atoms with Gasteiger partial charge in [-0.3, -0.25) is 24.1 Å². The van der Waals surface area contributed by atoms with Crippen molar-refractivity contribution in [2.24, 2.45) is 17.8 Å². The van der Waals surface area contributed by atoms with Crippen molar-refractivity contribution in [1.29, 1.82) is 0 Å². The van der Waals surface area contributed by atoms with Crippen molar-refractivity contribution < 1.29 is 28.7 Å². The molecule has 1 fully saturated rings. The monoisotopic (exact) mass is 483 g/mol. The van der Waals surface area contributed by atoms with Crippen LogP contribution in [0.4, 0.5) is 10.1 Å². The Morgan fingerprint density at radius 3 is 2.44 bits per heavy atom. The van der Waals surface area contributed by atoms with Gasteiger partial charge >= 0.3 is 0 Å². The Morgan fingerprint density at radius 2 is 1.69 bits per heavy atom. The number of halogens is 1. The first-order chi connectivity index (χ1) is 17.3. The summed E-state index contributed by atoms with van der Waals surface area (Å²) in [6, 6.07) is 12.8. The van der Waals surface area contributed by atoms with E-state index < -0.39 is 35.2 Å². The number of benzene rings is 2. The van der Waals surface area contributed by atoms with Gasteiger partial charge in [-0.1, -0.05) is 42.0 Å². The van der Waals surface area contributed by atoms with Crippen LogP contribution in [-0.4, -0.2) is 28.5 Å². The molecule has 2 amide bonds. The number of fused-ring (bicyclic) bond motifs is 3. The number of para-hydroxylation sites is 2. The lowest BCUT2D eigenvalue weighted by atomic mass is 9.59. The van der Waals surface area contributed by atoms with Crippen LogP contribution in [0, 0.1) is 23.6 Å². The molecular formula is C29H22FNO5. The molecule has 3 aliphatic carbocycles. The van der Waals surface area contributed by atoms with Crippen LogP contribution in [0.3, 0.4) is 0 Å². The molecule has 0 unspecified atom stereocenters. The lowest BCUT2D eigenvalue weighted by Gasteiger charge is -2.42. The normalized spacial score (nSPS) is 27.4. The number of hydrogen-bond acceptors (Lipinski definition) is 5. The first-order valence-corrected chi connectivity index (χ1v) is 11.9. The van der Waals surface area contributed by atoms with E-state index in [0.29, 0.717) is 16.8 Å². The fraction of sp³-hybridized carbons (Fsp3) is 0.241. The predicted molar refractivity (Wildman–Crippen MR) is 128 cm³/mol. The number of nitrogens with zero attached hydrogens (tertiary/aromatic N) is 1. The van der Waals surface area contributed by atoms with Gasteiger partial charge in [0.1, 0.15) is 0 Å². The second kappa shape index (κ2) is 7.95. The predicted octanol–water partition coefficient (Wildman–Crippen LogP) is 4.17. The Morgan fingerprint density at radius 1 is 0.944 bits per heavy atom. The average Bonchev–Trinajstić information content (AvgIpc) is 3.13. The minimum absolute atomic E-state index is 0.131. The third-order valence-electron chi connectivity index (χ3n) is 7.91. The molecule has 2 aromatic carbocycles. The van der Waals surface area contributed by atoms with E-state index in [1.165, 1.54) is 23.1 Å². The second-order valence-corrected chi connectivity index (χ2v) is 9.75. The number of hydrogen-bond donors (Lipinski definition) is 1. The number of ketones is 2. The highest BCUT2D eigenvalue weighted by Crippen LogP contribution is 2.56. The third-order valence-corrected chi connectivity index (χ3v) is 7.91. The number of aromatic hydroxyl groups is 1. The molecule has 36 heavy (non-hydrogen) atoms. The number of amides is 2. The summed E-state index contributed by atoms with van der Waals surface area (Å²) in [6.07, 6.45) is 3.52. The zero-order valence-electron chi connectivity index (χ0n) is 19.4. The molecule has 7 heteroatoms.